The van der Waals surface area contributed by atoms with E-state index >= 15 is 0 Å². The third kappa shape index (κ3) is 4.97. The highest BCUT2D eigenvalue weighted by Gasteiger charge is 2.37. The number of rotatable bonds is 5. The zero-order chi connectivity index (χ0) is 32.0. The zero-order valence-corrected chi connectivity index (χ0v) is 26.0. The molecule has 5 heteroatoms. The summed E-state index contributed by atoms with van der Waals surface area (Å²) in [5.74, 6) is 1.84. The van der Waals surface area contributed by atoms with Crippen molar-refractivity contribution in [1.82, 2.24) is 19.9 Å². The van der Waals surface area contributed by atoms with Crippen LogP contribution in [0.2, 0.25) is 0 Å². The van der Waals surface area contributed by atoms with Crippen molar-refractivity contribution in [3.05, 3.63) is 156 Å². The Balaban J connectivity index is 1.33. The summed E-state index contributed by atoms with van der Waals surface area (Å²) < 4.78 is 0. The maximum Gasteiger partial charge on any atom is 0.164 e. The lowest BCUT2D eigenvalue weighted by Crippen LogP contribution is -2.16. The SMILES string of the molecule is CC1(C)c2cc(-c3cc(-c4ccncc4)cc(-c4nc(-c5ccccc5)nc(-c5ccccc5)n4)c3)ccc2-c2cccc(C#N)c21. The normalized spacial score (nSPS) is 12.6. The molecular formula is C42H29N5. The molecule has 2 heterocycles. The van der Waals surface area contributed by atoms with Gasteiger partial charge in [0, 0.05) is 34.5 Å². The number of pyridine rings is 1. The zero-order valence-electron chi connectivity index (χ0n) is 26.0. The average Bonchev–Trinajstić information content (AvgIpc) is 3.38. The summed E-state index contributed by atoms with van der Waals surface area (Å²) in [6.07, 6.45) is 3.63. The molecular weight excluding hydrogens is 574 g/mol. The third-order valence-corrected chi connectivity index (χ3v) is 9.03. The van der Waals surface area contributed by atoms with Gasteiger partial charge >= 0.3 is 0 Å². The molecule has 47 heavy (non-hydrogen) atoms. The summed E-state index contributed by atoms with van der Waals surface area (Å²) in [6.45, 7) is 4.42. The van der Waals surface area contributed by atoms with Crippen LogP contribution in [0.5, 0.6) is 0 Å². The van der Waals surface area contributed by atoms with Crippen molar-refractivity contribution < 1.29 is 0 Å². The van der Waals surface area contributed by atoms with Crippen molar-refractivity contribution >= 4 is 0 Å². The van der Waals surface area contributed by atoms with Crippen molar-refractivity contribution in [2.45, 2.75) is 19.3 Å². The Kier molecular flexibility index (Phi) is 6.78. The van der Waals surface area contributed by atoms with E-state index in [4.69, 9.17) is 15.0 Å². The molecule has 0 amide bonds. The minimum Gasteiger partial charge on any atom is -0.265 e. The molecule has 222 valence electrons. The average molecular weight is 604 g/mol. The van der Waals surface area contributed by atoms with E-state index in [-0.39, 0.29) is 5.41 Å². The molecule has 0 bridgehead atoms. The molecule has 8 rings (SSSR count). The van der Waals surface area contributed by atoms with Crippen LogP contribution in [0, 0.1) is 11.3 Å². The highest BCUT2D eigenvalue weighted by atomic mass is 15.0. The fourth-order valence-electron chi connectivity index (χ4n) is 6.73. The van der Waals surface area contributed by atoms with Crippen molar-refractivity contribution in [3.63, 3.8) is 0 Å². The maximum absolute atomic E-state index is 9.94. The second-order valence-corrected chi connectivity index (χ2v) is 12.3. The molecule has 2 aromatic heterocycles. The first-order chi connectivity index (χ1) is 23.0. The largest absolute Gasteiger partial charge is 0.265 e. The van der Waals surface area contributed by atoms with Gasteiger partial charge in [0.25, 0.3) is 0 Å². The molecule has 0 unspecified atom stereocenters. The van der Waals surface area contributed by atoms with Gasteiger partial charge in [0.2, 0.25) is 0 Å². The number of nitriles is 1. The van der Waals surface area contributed by atoms with Gasteiger partial charge in [0.15, 0.2) is 17.5 Å². The summed E-state index contributed by atoms with van der Waals surface area (Å²) in [7, 11) is 0. The molecule has 0 N–H and O–H groups in total. The maximum atomic E-state index is 9.94. The Morgan fingerprint density at radius 2 is 1.06 bits per heavy atom. The number of hydrogen-bond acceptors (Lipinski definition) is 5. The Labute approximate surface area is 273 Å². The lowest BCUT2D eigenvalue weighted by Gasteiger charge is -2.23. The van der Waals surface area contributed by atoms with Gasteiger partial charge < -0.3 is 0 Å². The molecule has 0 saturated carbocycles. The Hall–Kier alpha value is -6.25. The Bertz CT molecular complexity index is 2260. The van der Waals surface area contributed by atoms with Gasteiger partial charge in [-0.1, -0.05) is 98.8 Å². The van der Waals surface area contributed by atoms with Gasteiger partial charge in [-0.05, 0) is 87.0 Å². The van der Waals surface area contributed by atoms with Crippen LogP contribution < -0.4 is 0 Å². The molecule has 0 aliphatic heterocycles. The van der Waals surface area contributed by atoms with Crippen molar-refractivity contribution in [1.29, 1.82) is 5.26 Å². The van der Waals surface area contributed by atoms with Crippen LogP contribution in [-0.4, -0.2) is 19.9 Å². The number of aromatic nitrogens is 4. The molecule has 7 aromatic rings. The summed E-state index contributed by atoms with van der Waals surface area (Å²) >= 11 is 0. The van der Waals surface area contributed by atoms with Gasteiger partial charge in [0.05, 0.1) is 11.6 Å². The van der Waals surface area contributed by atoms with Gasteiger partial charge in [-0.25, -0.2) is 15.0 Å². The molecule has 5 nitrogen and oxygen atoms in total. The standard InChI is InChI=1S/C42H29N5/c1-42(2)37-25-30(16-17-35(37)36-15-9-14-31(26-43)38(36)42)33-22-32(27-18-20-44-21-19-27)23-34(24-33)41-46-39(28-10-5-3-6-11-28)45-40(47-41)29-12-7-4-8-13-29/h3-25H,1-2H3. The van der Waals surface area contributed by atoms with Gasteiger partial charge in [-0.2, -0.15) is 5.26 Å². The number of nitrogens with zero attached hydrogens (tertiary/aromatic N) is 5. The topological polar surface area (TPSA) is 75.3 Å². The Morgan fingerprint density at radius 1 is 0.489 bits per heavy atom. The predicted molar refractivity (Wildman–Crippen MR) is 187 cm³/mol. The molecule has 0 fully saturated rings. The van der Waals surface area contributed by atoms with Crippen LogP contribution in [-0.2, 0) is 5.41 Å². The predicted octanol–water partition coefficient (Wildman–Crippen LogP) is 9.78. The van der Waals surface area contributed by atoms with Crippen LogP contribution in [0.15, 0.2) is 140 Å². The first-order valence-corrected chi connectivity index (χ1v) is 15.6. The quantitative estimate of drug-likeness (QED) is 0.196. The second kappa shape index (κ2) is 11.3. The van der Waals surface area contributed by atoms with Crippen LogP contribution in [0.25, 0.3) is 67.5 Å². The van der Waals surface area contributed by atoms with Crippen LogP contribution in [0.1, 0.15) is 30.5 Å². The van der Waals surface area contributed by atoms with Crippen molar-refractivity contribution in [2.75, 3.05) is 0 Å². The van der Waals surface area contributed by atoms with E-state index in [0.717, 1.165) is 55.6 Å². The molecule has 5 aromatic carbocycles. The van der Waals surface area contributed by atoms with Crippen molar-refractivity contribution in [2.24, 2.45) is 0 Å². The van der Waals surface area contributed by atoms with E-state index < -0.39 is 0 Å². The first-order valence-electron chi connectivity index (χ1n) is 15.6. The van der Waals surface area contributed by atoms with Gasteiger partial charge in [0.1, 0.15) is 0 Å². The second-order valence-electron chi connectivity index (χ2n) is 12.3. The molecule has 0 atom stereocenters. The number of benzene rings is 5. The highest BCUT2D eigenvalue weighted by molar-refractivity contribution is 5.87. The molecule has 0 radical (unpaired) electrons. The van der Waals surface area contributed by atoms with Gasteiger partial charge in [-0.3, -0.25) is 4.98 Å². The van der Waals surface area contributed by atoms with Crippen LogP contribution >= 0.6 is 0 Å². The summed E-state index contributed by atoms with van der Waals surface area (Å²) in [5.41, 5.74) is 12.0. The summed E-state index contributed by atoms with van der Waals surface area (Å²) in [4.78, 5) is 19.2. The van der Waals surface area contributed by atoms with Gasteiger partial charge in [-0.15, -0.1) is 0 Å². The number of hydrogen-bond donors (Lipinski definition) is 0. The lowest BCUT2D eigenvalue weighted by atomic mass is 9.79. The fourth-order valence-corrected chi connectivity index (χ4v) is 6.73. The van der Waals surface area contributed by atoms with E-state index in [1.807, 2.05) is 97.3 Å². The molecule has 0 saturated heterocycles. The van der Waals surface area contributed by atoms with E-state index in [2.05, 4.69) is 67.4 Å². The number of fused-ring (bicyclic) bond motifs is 3. The van der Waals surface area contributed by atoms with E-state index in [1.165, 1.54) is 11.1 Å². The van der Waals surface area contributed by atoms with E-state index in [0.29, 0.717) is 17.5 Å². The van der Waals surface area contributed by atoms with E-state index in [1.54, 1.807) is 0 Å². The van der Waals surface area contributed by atoms with Crippen molar-refractivity contribution in [3.8, 4) is 73.6 Å². The molecule has 1 aliphatic rings. The minimum absolute atomic E-state index is 0.318. The fraction of sp³-hybridized carbons (Fsp3) is 0.0714. The molecule has 1 aliphatic carbocycles. The summed E-state index contributed by atoms with van der Waals surface area (Å²) in [6, 6.07) is 45.7. The monoisotopic (exact) mass is 603 g/mol. The van der Waals surface area contributed by atoms with Crippen LogP contribution in [0.4, 0.5) is 0 Å². The lowest BCUT2D eigenvalue weighted by molar-refractivity contribution is 0.658. The Morgan fingerprint density at radius 3 is 1.68 bits per heavy atom. The van der Waals surface area contributed by atoms with E-state index in [9.17, 15) is 5.26 Å². The third-order valence-electron chi connectivity index (χ3n) is 9.03. The van der Waals surface area contributed by atoms with Crippen LogP contribution in [0.3, 0.4) is 0 Å². The minimum atomic E-state index is -0.318. The highest BCUT2D eigenvalue weighted by Crippen LogP contribution is 2.51. The summed E-state index contributed by atoms with van der Waals surface area (Å²) in [5, 5.41) is 9.94. The smallest absolute Gasteiger partial charge is 0.164 e. The molecule has 0 spiro atoms. The first kappa shape index (κ1) is 28.2.